The lowest BCUT2D eigenvalue weighted by molar-refractivity contribution is -0.380. The second-order valence-electron chi connectivity index (χ2n) is 5.14. The van der Waals surface area contributed by atoms with Crippen molar-refractivity contribution in [3.05, 3.63) is 62.8 Å². The maximum absolute atomic E-state index is 13.0. The molecule has 1 aromatic carbocycles. The van der Waals surface area contributed by atoms with Crippen LogP contribution in [0.4, 0.5) is 9.39 Å². The molecule has 2 heterocycles. The molecule has 1 amide bonds. The fraction of sp³-hybridized carbons (Fsp3) is 0.267. The van der Waals surface area contributed by atoms with Gasteiger partial charge in [0.25, 0.3) is 5.91 Å². The summed E-state index contributed by atoms with van der Waals surface area (Å²) in [6, 6.07) is 7.33. The summed E-state index contributed by atoms with van der Waals surface area (Å²) in [4.78, 5) is 24.5. The average Bonchev–Trinajstić information content (AvgIpc) is 3.17. The van der Waals surface area contributed by atoms with Crippen molar-refractivity contribution in [2.45, 2.75) is 18.9 Å². The lowest BCUT2D eigenvalue weighted by Gasteiger charge is -2.24. The minimum atomic E-state index is -0.497. The van der Waals surface area contributed by atoms with E-state index in [2.05, 4.69) is 0 Å². The molecule has 0 aliphatic carbocycles. The van der Waals surface area contributed by atoms with Crippen LogP contribution in [0.15, 0.2) is 35.7 Å². The molecule has 0 bridgehead atoms. The molecule has 5 nitrogen and oxygen atoms in total. The van der Waals surface area contributed by atoms with Crippen molar-refractivity contribution in [1.82, 2.24) is 4.90 Å². The SMILES string of the molecule is O=C(c1csc([N+](=O)[O-])c1)N1CCC[C@H]1c1ccc(F)cc1. The van der Waals surface area contributed by atoms with E-state index in [-0.39, 0.29) is 22.8 Å². The van der Waals surface area contributed by atoms with Gasteiger partial charge in [0.2, 0.25) is 0 Å². The molecule has 1 aliphatic rings. The Labute approximate surface area is 130 Å². The van der Waals surface area contributed by atoms with E-state index in [0.29, 0.717) is 12.1 Å². The summed E-state index contributed by atoms with van der Waals surface area (Å²) in [5.74, 6) is -0.524. The first-order chi connectivity index (χ1) is 10.6. The van der Waals surface area contributed by atoms with Gasteiger partial charge in [-0.05, 0) is 30.5 Å². The fourth-order valence-corrected chi connectivity index (χ4v) is 3.44. The number of benzene rings is 1. The predicted octanol–water partition coefficient (Wildman–Crippen LogP) is 3.77. The third kappa shape index (κ3) is 2.71. The molecule has 0 saturated carbocycles. The van der Waals surface area contributed by atoms with Gasteiger partial charge in [-0.2, -0.15) is 0 Å². The Balaban J connectivity index is 1.84. The Morgan fingerprint density at radius 1 is 1.36 bits per heavy atom. The highest BCUT2D eigenvalue weighted by atomic mass is 32.1. The van der Waals surface area contributed by atoms with Crippen molar-refractivity contribution in [3.8, 4) is 0 Å². The van der Waals surface area contributed by atoms with Crippen LogP contribution in [0.1, 0.15) is 34.8 Å². The van der Waals surface area contributed by atoms with Crippen LogP contribution in [0.2, 0.25) is 0 Å². The summed E-state index contributed by atoms with van der Waals surface area (Å²) in [5.41, 5.74) is 1.22. The zero-order valence-corrected chi connectivity index (χ0v) is 12.4. The van der Waals surface area contributed by atoms with Crippen molar-refractivity contribution in [1.29, 1.82) is 0 Å². The molecule has 7 heteroatoms. The second-order valence-corrected chi connectivity index (χ2v) is 6.03. The number of rotatable bonds is 3. The first kappa shape index (κ1) is 14.6. The quantitative estimate of drug-likeness (QED) is 0.639. The molecule has 1 saturated heterocycles. The number of hydrogen-bond acceptors (Lipinski definition) is 4. The molecule has 0 N–H and O–H groups in total. The molecular weight excluding hydrogens is 307 g/mol. The molecule has 3 rings (SSSR count). The highest BCUT2D eigenvalue weighted by molar-refractivity contribution is 7.13. The van der Waals surface area contributed by atoms with Gasteiger partial charge in [0.05, 0.1) is 16.5 Å². The van der Waals surface area contributed by atoms with Crippen LogP contribution < -0.4 is 0 Å². The maximum Gasteiger partial charge on any atom is 0.324 e. The average molecular weight is 320 g/mol. The first-order valence-electron chi connectivity index (χ1n) is 6.85. The Morgan fingerprint density at radius 2 is 2.09 bits per heavy atom. The number of carbonyl (C=O) groups is 1. The number of carbonyl (C=O) groups excluding carboxylic acids is 1. The van der Waals surface area contributed by atoms with E-state index in [9.17, 15) is 19.3 Å². The fourth-order valence-electron chi connectivity index (χ4n) is 2.74. The van der Waals surface area contributed by atoms with Crippen LogP contribution in [0.5, 0.6) is 0 Å². The lowest BCUT2D eigenvalue weighted by Crippen LogP contribution is -2.30. The Kier molecular flexibility index (Phi) is 3.89. The van der Waals surface area contributed by atoms with E-state index in [1.54, 1.807) is 17.0 Å². The highest BCUT2D eigenvalue weighted by Gasteiger charge is 2.31. The van der Waals surface area contributed by atoms with Crippen molar-refractivity contribution < 1.29 is 14.1 Å². The van der Waals surface area contributed by atoms with Crippen molar-refractivity contribution >= 4 is 22.2 Å². The molecule has 2 aromatic rings. The van der Waals surface area contributed by atoms with Crippen LogP contribution in [0, 0.1) is 15.9 Å². The molecule has 0 spiro atoms. The van der Waals surface area contributed by atoms with Crippen LogP contribution in [0.25, 0.3) is 0 Å². The second kappa shape index (κ2) is 5.84. The monoisotopic (exact) mass is 320 g/mol. The summed E-state index contributed by atoms with van der Waals surface area (Å²) in [7, 11) is 0. The summed E-state index contributed by atoms with van der Waals surface area (Å²) >= 11 is 0.948. The number of amides is 1. The van der Waals surface area contributed by atoms with Gasteiger partial charge >= 0.3 is 5.00 Å². The number of nitrogens with zero attached hydrogens (tertiary/aromatic N) is 2. The van der Waals surface area contributed by atoms with Gasteiger partial charge in [0.15, 0.2) is 0 Å². The van der Waals surface area contributed by atoms with Gasteiger partial charge in [0, 0.05) is 18.0 Å². The van der Waals surface area contributed by atoms with Gasteiger partial charge in [-0.25, -0.2) is 4.39 Å². The Bertz CT molecular complexity index is 714. The van der Waals surface area contributed by atoms with E-state index >= 15 is 0 Å². The van der Waals surface area contributed by atoms with Gasteiger partial charge < -0.3 is 4.90 Å². The highest BCUT2D eigenvalue weighted by Crippen LogP contribution is 2.34. The Hall–Kier alpha value is -2.28. The normalized spacial score (nSPS) is 17.7. The summed E-state index contributed by atoms with van der Waals surface area (Å²) in [6.45, 7) is 0.602. The zero-order chi connectivity index (χ0) is 15.7. The van der Waals surface area contributed by atoms with E-state index in [0.717, 1.165) is 29.7 Å². The molecule has 0 unspecified atom stereocenters. The van der Waals surface area contributed by atoms with Gasteiger partial charge in [-0.3, -0.25) is 14.9 Å². The third-order valence-electron chi connectivity index (χ3n) is 3.78. The molecule has 0 radical (unpaired) electrons. The third-order valence-corrected chi connectivity index (χ3v) is 4.66. The summed E-state index contributed by atoms with van der Waals surface area (Å²) < 4.78 is 13.0. The molecule has 1 aromatic heterocycles. The molecule has 1 fully saturated rings. The van der Waals surface area contributed by atoms with Crippen LogP contribution >= 0.6 is 11.3 Å². The standard InChI is InChI=1S/C15H13FN2O3S/c16-12-5-3-10(4-6-12)13-2-1-7-17(13)15(19)11-8-14(18(20)21)22-9-11/h3-6,8-9,13H,1-2,7H2/t13-/m0/s1. The Morgan fingerprint density at radius 3 is 2.73 bits per heavy atom. The first-order valence-corrected chi connectivity index (χ1v) is 7.73. The smallest absolute Gasteiger partial charge is 0.324 e. The molecule has 1 atom stereocenters. The van der Waals surface area contributed by atoms with Crippen LogP contribution in [0.3, 0.4) is 0 Å². The molecule has 1 aliphatic heterocycles. The summed E-state index contributed by atoms with van der Waals surface area (Å²) in [5, 5.41) is 12.2. The van der Waals surface area contributed by atoms with Crippen molar-refractivity contribution in [3.63, 3.8) is 0 Å². The number of thiophene rings is 1. The topological polar surface area (TPSA) is 63.4 Å². The van der Waals surface area contributed by atoms with E-state index < -0.39 is 4.92 Å². The molecule has 114 valence electrons. The minimum absolute atomic E-state index is 0.0409. The van der Waals surface area contributed by atoms with Gasteiger partial charge in [-0.15, -0.1) is 0 Å². The van der Waals surface area contributed by atoms with Crippen molar-refractivity contribution in [2.75, 3.05) is 6.54 Å². The van der Waals surface area contributed by atoms with E-state index in [4.69, 9.17) is 0 Å². The maximum atomic E-state index is 13.0. The number of nitro groups is 1. The number of likely N-dealkylation sites (tertiary alicyclic amines) is 1. The van der Waals surface area contributed by atoms with Gasteiger partial charge in [-0.1, -0.05) is 23.5 Å². The lowest BCUT2D eigenvalue weighted by atomic mass is 10.0. The minimum Gasteiger partial charge on any atom is -0.332 e. The summed E-state index contributed by atoms with van der Waals surface area (Å²) in [6.07, 6.45) is 1.67. The van der Waals surface area contributed by atoms with E-state index in [1.807, 2.05) is 0 Å². The van der Waals surface area contributed by atoms with E-state index in [1.165, 1.54) is 23.6 Å². The van der Waals surface area contributed by atoms with Crippen molar-refractivity contribution in [2.24, 2.45) is 0 Å². The number of hydrogen-bond donors (Lipinski definition) is 0. The predicted molar refractivity (Wildman–Crippen MR) is 80.4 cm³/mol. The largest absolute Gasteiger partial charge is 0.332 e. The van der Waals surface area contributed by atoms with Crippen LogP contribution in [-0.2, 0) is 0 Å². The molecule has 22 heavy (non-hydrogen) atoms. The number of halogens is 1. The van der Waals surface area contributed by atoms with Crippen LogP contribution in [-0.4, -0.2) is 22.3 Å². The zero-order valence-electron chi connectivity index (χ0n) is 11.6. The van der Waals surface area contributed by atoms with Gasteiger partial charge in [0.1, 0.15) is 5.82 Å². The molecular formula is C15H13FN2O3S.